The fourth-order valence-corrected chi connectivity index (χ4v) is 2.92. The molecule has 0 spiro atoms. The summed E-state index contributed by atoms with van der Waals surface area (Å²) in [5, 5.41) is 11.4. The summed E-state index contributed by atoms with van der Waals surface area (Å²) in [5.41, 5.74) is 2.45. The van der Waals surface area contributed by atoms with E-state index in [4.69, 9.17) is 11.6 Å². The first-order valence-corrected chi connectivity index (χ1v) is 7.96. The molecule has 0 bridgehead atoms. The van der Waals surface area contributed by atoms with Crippen LogP contribution in [0, 0.1) is 10.1 Å². The average molecular weight is 332 g/mol. The normalized spacial score (nSPS) is 15.6. The molecule has 23 heavy (non-hydrogen) atoms. The molecule has 0 amide bonds. The maximum atomic E-state index is 10.7. The van der Waals surface area contributed by atoms with Crippen molar-refractivity contribution in [1.29, 1.82) is 0 Å². The molecule has 0 aliphatic carbocycles. The van der Waals surface area contributed by atoms with Crippen molar-refractivity contribution < 1.29 is 4.92 Å². The summed E-state index contributed by atoms with van der Waals surface area (Å²) in [6, 6.07) is 14.7. The van der Waals surface area contributed by atoms with Crippen LogP contribution in [0.4, 0.5) is 11.4 Å². The van der Waals surface area contributed by atoms with E-state index in [1.54, 1.807) is 12.1 Å². The van der Waals surface area contributed by atoms with Crippen molar-refractivity contribution >= 4 is 23.0 Å². The summed E-state index contributed by atoms with van der Waals surface area (Å²) in [4.78, 5) is 15.0. The Bertz CT molecular complexity index is 665. The van der Waals surface area contributed by atoms with Crippen LogP contribution in [-0.4, -0.2) is 36.0 Å². The lowest BCUT2D eigenvalue weighted by atomic mass is 10.1. The van der Waals surface area contributed by atoms with Gasteiger partial charge in [-0.1, -0.05) is 23.7 Å². The number of non-ortho nitro benzene ring substituents is 1. The topological polar surface area (TPSA) is 49.6 Å². The maximum Gasteiger partial charge on any atom is 0.269 e. The number of hydrogen-bond donors (Lipinski definition) is 0. The standard InChI is InChI=1S/C17H18ClN3O2/c18-15-3-7-16(8-4-15)20-11-9-19(10-12-20)13-14-1-5-17(6-2-14)21(22)23/h1-8H,9-13H2. The molecule has 1 fully saturated rings. The number of benzene rings is 2. The molecule has 2 aromatic rings. The summed E-state index contributed by atoms with van der Waals surface area (Å²) in [7, 11) is 0. The van der Waals surface area contributed by atoms with E-state index < -0.39 is 0 Å². The van der Waals surface area contributed by atoms with Crippen LogP contribution >= 0.6 is 11.6 Å². The third-order valence-corrected chi connectivity index (χ3v) is 4.37. The monoisotopic (exact) mass is 331 g/mol. The maximum absolute atomic E-state index is 10.7. The molecule has 0 atom stereocenters. The van der Waals surface area contributed by atoms with E-state index in [1.807, 2.05) is 36.4 Å². The Hall–Kier alpha value is -2.11. The minimum atomic E-state index is -0.366. The van der Waals surface area contributed by atoms with Crippen LogP contribution in [0.5, 0.6) is 0 Å². The molecule has 2 aromatic carbocycles. The molecule has 6 heteroatoms. The first kappa shape index (κ1) is 15.8. The van der Waals surface area contributed by atoms with E-state index in [9.17, 15) is 10.1 Å². The van der Waals surface area contributed by atoms with Crippen LogP contribution in [0.2, 0.25) is 5.02 Å². The minimum Gasteiger partial charge on any atom is -0.369 e. The van der Waals surface area contributed by atoms with Gasteiger partial charge < -0.3 is 4.90 Å². The lowest BCUT2D eigenvalue weighted by Gasteiger charge is -2.36. The lowest BCUT2D eigenvalue weighted by Crippen LogP contribution is -2.45. The molecular formula is C17H18ClN3O2. The first-order valence-electron chi connectivity index (χ1n) is 7.58. The van der Waals surface area contributed by atoms with Gasteiger partial charge in [-0.2, -0.15) is 0 Å². The molecule has 120 valence electrons. The number of piperazine rings is 1. The minimum absolute atomic E-state index is 0.140. The van der Waals surface area contributed by atoms with Crippen molar-refractivity contribution in [3.8, 4) is 0 Å². The van der Waals surface area contributed by atoms with E-state index in [1.165, 1.54) is 5.69 Å². The van der Waals surface area contributed by atoms with Gasteiger partial charge in [0, 0.05) is 55.6 Å². The van der Waals surface area contributed by atoms with Crippen molar-refractivity contribution in [2.75, 3.05) is 31.1 Å². The van der Waals surface area contributed by atoms with Gasteiger partial charge in [-0.15, -0.1) is 0 Å². The summed E-state index contributed by atoms with van der Waals surface area (Å²) < 4.78 is 0. The van der Waals surface area contributed by atoms with E-state index in [2.05, 4.69) is 9.80 Å². The molecule has 5 nitrogen and oxygen atoms in total. The predicted molar refractivity (Wildman–Crippen MR) is 92.0 cm³/mol. The zero-order valence-electron chi connectivity index (χ0n) is 12.7. The summed E-state index contributed by atoms with van der Waals surface area (Å²) in [5.74, 6) is 0. The molecule has 0 saturated carbocycles. The van der Waals surface area contributed by atoms with Crippen molar-refractivity contribution in [2.24, 2.45) is 0 Å². The van der Waals surface area contributed by atoms with Gasteiger partial charge in [-0.25, -0.2) is 0 Å². The highest BCUT2D eigenvalue weighted by molar-refractivity contribution is 6.30. The molecule has 1 saturated heterocycles. The van der Waals surface area contributed by atoms with E-state index in [0.717, 1.165) is 43.3 Å². The van der Waals surface area contributed by atoms with Crippen molar-refractivity contribution in [1.82, 2.24) is 4.90 Å². The van der Waals surface area contributed by atoms with Gasteiger partial charge in [-0.05, 0) is 29.8 Å². The zero-order chi connectivity index (χ0) is 16.2. The van der Waals surface area contributed by atoms with Crippen LogP contribution in [0.1, 0.15) is 5.56 Å². The molecule has 1 aliphatic heterocycles. The molecule has 0 N–H and O–H groups in total. The van der Waals surface area contributed by atoms with Crippen LogP contribution in [-0.2, 0) is 6.54 Å². The zero-order valence-corrected chi connectivity index (χ0v) is 13.4. The predicted octanol–water partition coefficient (Wildman–Crippen LogP) is 3.57. The fourth-order valence-electron chi connectivity index (χ4n) is 2.80. The number of halogens is 1. The second-order valence-electron chi connectivity index (χ2n) is 5.66. The SMILES string of the molecule is O=[N+]([O-])c1ccc(CN2CCN(c3ccc(Cl)cc3)CC2)cc1. The number of hydrogen-bond acceptors (Lipinski definition) is 4. The Morgan fingerprint density at radius 3 is 2.13 bits per heavy atom. The van der Waals surface area contributed by atoms with Crippen molar-refractivity contribution in [3.05, 3.63) is 69.2 Å². The van der Waals surface area contributed by atoms with Gasteiger partial charge >= 0.3 is 0 Å². The van der Waals surface area contributed by atoms with Crippen molar-refractivity contribution in [2.45, 2.75) is 6.54 Å². The molecule has 3 rings (SSSR count). The number of rotatable bonds is 4. The molecule has 1 heterocycles. The second kappa shape index (κ2) is 6.98. The summed E-state index contributed by atoms with van der Waals surface area (Å²) in [6.45, 7) is 4.70. The number of nitro groups is 1. The Labute approximate surface area is 140 Å². The molecule has 0 radical (unpaired) electrons. The highest BCUT2D eigenvalue weighted by Crippen LogP contribution is 2.20. The van der Waals surface area contributed by atoms with Crippen LogP contribution in [0.25, 0.3) is 0 Å². The van der Waals surface area contributed by atoms with Crippen LogP contribution < -0.4 is 4.90 Å². The van der Waals surface area contributed by atoms with Gasteiger partial charge in [0.05, 0.1) is 4.92 Å². The Balaban J connectivity index is 1.54. The largest absolute Gasteiger partial charge is 0.369 e. The molecule has 0 unspecified atom stereocenters. The van der Waals surface area contributed by atoms with Gasteiger partial charge in [0.25, 0.3) is 5.69 Å². The quantitative estimate of drug-likeness (QED) is 0.635. The van der Waals surface area contributed by atoms with Gasteiger partial charge in [0.15, 0.2) is 0 Å². The average Bonchev–Trinajstić information content (AvgIpc) is 2.57. The van der Waals surface area contributed by atoms with E-state index in [0.29, 0.717) is 0 Å². The third-order valence-electron chi connectivity index (χ3n) is 4.12. The smallest absolute Gasteiger partial charge is 0.269 e. The second-order valence-corrected chi connectivity index (χ2v) is 6.10. The first-order chi connectivity index (χ1) is 11.1. The van der Waals surface area contributed by atoms with E-state index >= 15 is 0 Å². The summed E-state index contributed by atoms with van der Waals surface area (Å²) in [6.07, 6.45) is 0. The summed E-state index contributed by atoms with van der Waals surface area (Å²) >= 11 is 5.93. The Morgan fingerprint density at radius 1 is 0.957 bits per heavy atom. The Kier molecular flexibility index (Phi) is 4.79. The van der Waals surface area contributed by atoms with Gasteiger partial charge in [0.2, 0.25) is 0 Å². The highest BCUT2D eigenvalue weighted by Gasteiger charge is 2.17. The number of anilines is 1. The van der Waals surface area contributed by atoms with Crippen LogP contribution in [0.3, 0.4) is 0 Å². The molecule has 1 aliphatic rings. The molecular weight excluding hydrogens is 314 g/mol. The number of nitro benzene ring substituents is 1. The Morgan fingerprint density at radius 2 is 1.57 bits per heavy atom. The lowest BCUT2D eigenvalue weighted by molar-refractivity contribution is -0.384. The van der Waals surface area contributed by atoms with E-state index in [-0.39, 0.29) is 10.6 Å². The van der Waals surface area contributed by atoms with Crippen LogP contribution in [0.15, 0.2) is 48.5 Å². The van der Waals surface area contributed by atoms with Gasteiger partial charge in [0.1, 0.15) is 0 Å². The third kappa shape index (κ3) is 4.00. The highest BCUT2D eigenvalue weighted by atomic mass is 35.5. The number of nitrogens with zero attached hydrogens (tertiary/aromatic N) is 3. The van der Waals surface area contributed by atoms with Crippen molar-refractivity contribution in [3.63, 3.8) is 0 Å². The fraction of sp³-hybridized carbons (Fsp3) is 0.294. The van der Waals surface area contributed by atoms with Gasteiger partial charge in [-0.3, -0.25) is 15.0 Å². The molecule has 0 aromatic heterocycles.